The lowest BCUT2D eigenvalue weighted by atomic mass is 9.95. The Balaban J connectivity index is 1.49. The van der Waals surface area contributed by atoms with Gasteiger partial charge in [-0.05, 0) is 49.2 Å². The summed E-state index contributed by atoms with van der Waals surface area (Å²) in [6.45, 7) is 3.62. The van der Waals surface area contributed by atoms with E-state index in [4.69, 9.17) is 11.6 Å². The largest absolute Gasteiger partial charge is 0.295 e. The van der Waals surface area contributed by atoms with Crippen LogP contribution < -0.4 is 10.1 Å². The van der Waals surface area contributed by atoms with Gasteiger partial charge in [-0.25, -0.2) is 28.1 Å². The molecule has 2 atom stereocenters. The van der Waals surface area contributed by atoms with Crippen LogP contribution in [0.2, 0.25) is 0 Å². The molecule has 0 aliphatic carbocycles. The molecule has 4 rings (SSSR count). The van der Waals surface area contributed by atoms with E-state index in [1.807, 2.05) is 37.3 Å². The van der Waals surface area contributed by atoms with Crippen LogP contribution in [0.4, 0.5) is 11.6 Å². The molecule has 10 heteroatoms. The van der Waals surface area contributed by atoms with E-state index in [0.29, 0.717) is 11.4 Å². The minimum atomic E-state index is -3.86. The summed E-state index contributed by atoms with van der Waals surface area (Å²) in [5.41, 5.74) is 6.03. The molecule has 2 heterocycles. The molecule has 0 saturated carbocycles. The number of nitrogens with one attached hydrogen (secondary N) is 2. The Bertz CT molecular complexity index is 1220. The molecule has 2 unspecified atom stereocenters. The molecule has 0 radical (unpaired) electrons. The number of halogens is 1. The van der Waals surface area contributed by atoms with Crippen LogP contribution in [0, 0.1) is 13.8 Å². The maximum atomic E-state index is 12.6. The average Bonchev–Trinajstić information content (AvgIpc) is 2.76. The number of benzene rings is 2. The van der Waals surface area contributed by atoms with Crippen LogP contribution in [0.3, 0.4) is 0 Å². The fourth-order valence-electron chi connectivity index (χ4n) is 3.15. The summed E-state index contributed by atoms with van der Waals surface area (Å²) in [6.07, 6.45) is 1.56. The topological polar surface area (TPSA) is 104 Å². The number of hydrogen-bond donors (Lipinski definition) is 2. The number of hydrogen-bond acceptors (Lipinski definition) is 6. The number of hydrazine groups is 1. The normalized spacial score (nSPS) is 18.4. The van der Waals surface area contributed by atoms with Crippen molar-refractivity contribution < 1.29 is 13.2 Å². The number of nitrogens with zero attached hydrogens (tertiary/aromatic N) is 3. The van der Waals surface area contributed by atoms with E-state index >= 15 is 0 Å². The first kappa shape index (κ1) is 21.1. The monoisotopic (exact) mass is 457 g/mol. The Morgan fingerprint density at radius 3 is 2.35 bits per heavy atom. The number of aromatic nitrogens is 2. The predicted octanol–water partition coefficient (Wildman–Crippen LogP) is 3.41. The van der Waals surface area contributed by atoms with E-state index in [-0.39, 0.29) is 22.8 Å². The van der Waals surface area contributed by atoms with Gasteiger partial charge in [-0.2, -0.15) is 0 Å². The molecule has 0 spiro atoms. The van der Waals surface area contributed by atoms with Crippen molar-refractivity contribution in [2.45, 2.75) is 30.2 Å². The first-order valence-electron chi connectivity index (χ1n) is 9.48. The first-order chi connectivity index (χ1) is 14.8. The van der Waals surface area contributed by atoms with Gasteiger partial charge in [-0.1, -0.05) is 30.3 Å². The highest BCUT2D eigenvalue weighted by molar-refractivity contribution is 7.92. The van der Waals surface area contributed by atoms with Gasteiger partial charge in [0.15, 0.2) is 0 Å². The molecule has 2 aromatic carbocycles. The van der Waals surface area contributed by atoms with Gasteiger partial charge in [0.25, 0.3) is 15.9 Å². The third-order valence-electron chi connectivity index (χ3n) is 5.03. The summed E-state index contributed by atoms with van der Waals surface area (Å²) >= 11 is 6.21. The number of carbonyl (C=O) groups excluding carboxylic acids is 1. The summed E-state index contributed by atoms with van der Waals surface area (Å²) in [5, 5.41) is 0.786. The van der Waals surface area contributed by atoms with E-state index in [1.165, 1.54) is 17.1 Å². The molecule has 31 heavy (non-hydrogen) atoms. The zero-order chi connectivity index (χ0) is 22.2. The van der Waals surface area contributed by atoms with Gasteiger partial charge in [0.1, 0.15) is 11.4 Å². The fraction of sp³-hybridized carbons (Fsp3) is 0.190. The Morgan fingerprint density at radius 1 is 1.03 bits per heavy atom. The van der Waals surface area contributed by atoms with Crippen molar-refractivity contribution in [3.8, 4) is 0 Å². The number of alkyl halides is 1. The summed E-state index contributed by atoms with van der Waals surface area (Å²) < 4.78 is 27.6. The number of rotatable bonds is 6. The average molecular weight is 458 g/mol. The van der Waals surface area contributed by atoms with E-state index in [2.05, 4.69) is 20.1 Å². The number of amides is 1. The van der Waals surface area contributed by atoms with Crippen molar-refractivity contribution in [3.05, 3.63) is 77.6 Å². The number of aryl methyl sites for hydroxylation is 2. The zero-order valence-electron chi connectivity index (χ0n) is 16.8. The number of carbonyl (C=O) groups is 1. The van der Waals surface area contributed by atoms with Gasteiger partial charge < -0.3 is 0 Å². The summed E-state index contributed by atoms with van der Waals surface area (Å²) in [5.74, 6) is -0.240. The molecule has 1 saturated heterocycles. The van der Waals surface area contributed by atoms with Crippen LogP contribution in [-0.4, -0.2) is 34.7 Å². The van der Waals surface area contributed by atoms with E-state index in [0.717, 1.165) is 11.1 Å². The van der Waals surface area contributed by atoms with Crippen LogP contribution in [0.15, 0.2) is 65.7 Å². The molecule has 1 fully saturated rings. The lowest BCUT2D eigenvalue weighted by Crippen LogP contribution is -2.58. The maximum Gasteiger partial charge on any atom is 0.264 e. The molecular formula is C21H20ClN5O3S. The Kier molecular flexibility index (Phi) is 5.55. The summed E-state index contributed by atoms with van der Waals surface area (Å²) in [6, 6.07) is 15.2. The molecule has 1 aliphatic heterocycles. The first-order valence-corrected chi connectivity index (χ1v) is 11.4. The van der Waals surface area contributed by atoms with Gasteiger partial charge in [-0.15, -0.1) is 11.6 Å². The lowest BCUT2D eigenvalue weighted by Gasteiger charge is -2.44. The maximum absolute atomic E-state index is 12.6. The van der Waals surface area contributed by atoms with Crippen molar-refractivity contribution in [1.82, 2.24) is 15.0 Å². The number of β-lactam (4-membered cyclic amide) rings is 1. The second kappa shape index (κ2) is 8.16. The van der Waals surface area contributed by atoms with E-state index < -0.39 is 15.4 Å². The lowest BCUT2D eigenvalue weighted by molar-refractivity contribution is -0.143. The van der Waals surface area contributed by atoms with Crippen LogP contribution in [0.5, 0.6) is 0 Å². The van der Waals surface area contributed by atoms with Gasteiger partial charge >= 0.3 is 0 Å². The second-order valence-electron chi connectivity index (χ2n) is 7.17. The number of anilines is 2. The minimum Gasteiger partial charge on any atom is -0.295 e. The molecule has 2 N–H and O–H groups in total. The molecule has 3 aromatic rings. The smallest absolute Gasteiger partial charge is 0.264 e. The molecular weight excluding hydrogens is 438 g/mol. The van der Waals surface area contributed by atoms with Crippen LogP contribution in [-0.2, 0) is 14.8 Å². The van der Waals surface area contributed by atoms with Gasteiger partial charge in [-0.3, -0.25) is 10.2 Å². The number of sulfonamides is 1. The Hall–Kier alpha value is -3.17. The minimum absolute atomic E-state index is 0.00957. The predicted molar refractivity (Wildman–Crippen MR) is 118 cm³/mol. The Morgan fingerprint density at radius 2 is 1.71 bits per heavy atom. The van der Waals surface area contributed by atoms with Crippen LogP contribution >= 0.6 is 11.6 Å². The van der Waals surface area contributed by atoms with E-state index in [1.54, 1.807) is 25.3 Å². The second-order valence-corrected chi connectivity index (χ2v) is 9.32. The highest BCUT2D eigenvalue weighted by atomic mass is 35.5. The van der Waals surface area contributed by atoms with Crippen molar-refractivity contribution >= 4 is 39.2 Å². The molecule has 1 aromatic heterocycles. The van der Waals surface area contributed by atoms with Crippen molar-refractivity contribution in [2.24, 2.45) is 0 Å². The van der Waals surface area contributed by atoms with Gasteiger partial charge in [0, 0.05) is 11.9 Å². The standard InChI is InChI=1S/C21H20ClN5O3S/c1-13-12-23-21(24-14(13)2)26-31(29,30)17-10-8-16(9-11-17)25-27-19(18(22)20(27)28)15-6-4-3-5-7-15/h3-12,18-19,25H,1-2H3,(H,23,24,26). The van der Waals surface area contributed by atoms with Crippen molar-refractivity contribution in [3.63, 3.8) is 0 Å². The van der Waals surface area contributed by atoms with Crippen molar-refractivity contribution in [2.75, 3.05) is 10.1 Å². The SMILES string of the molecule is Cc1cnc(NS(=O)(=O)c2ccc(NN3C(=O)C(Cl)C3c3ccccc3)cc2)nc1C. The third-order valence-corrected chi connectivity index (χ3v) is 6.80. The summed E-state index contributed by atoms with van der Waals surface area (Å²) in [4.78, 5) is 20.4. The molecule has 1 amide bonds. The quantitative estimate of drug-likeness (QED) is 0.434. The zero-order valence-corrected chi connectivity index (χ0v) is 18.4. The third kappa shape index (κ3) is 4.19. The molecule has 8 nitrogen and oxygen atoms in total. The van der Waals surface area contributed by atoms with Crippen LogP contribution in [0.1, 0.15) is 22.9 Å². The van der Waals surface area contributed by atoms with Crippen LogP contribution in [0.25, 0.3) is 0 Å². The summed E-state index contributed by atoms with van der Waals surface area (Å²) in [7, 11) is -3.86. The van der Waals surface area contributed by atoms with Crippen molar-refractivity contribution in [1.29, 1.82) is 0 Å². The van der Waals surface area contributed by atoms with E-state index in [9.17, 15) is 13.2 Å². The molecule has 0 bridgehead atoms. The van der Waals surface area contributed by atoms with Gasteiger partial charge in [0.2, 0.25) is 5.95 Å². The van der Waals surface area contributed by atoms with Gasteiger partial charge in [0.05, 0.1) is 10.6 Å². The molecule has 1 aliphatic rings. The fourth-order valence-corrected chi connectivity index (χ4v) is 4.46. The highest BCUT2D eigenvalue weighted by Gasteiger charge is 2.47. The molecule has 160 valence electrons. The Labute approximate surface area is 185 Å². The highest BCUT2D eigenvalue weighted by Crippen LogP contribution is 2.38.